The highest BCUT2D eigenvalue weighted by Gasteiger charge is 2.31. The number of likely N-dealkylation sites (N-methyl/N-ethyl adjacent to an activating group) is 2. The van der Waals surface area contributed by atoms with Crippen molar-refractivity contribution in [3.8, 4) is 0 Å². The summed E-state index contributed by atoms with van der Waals surface area (Å²) in [7, 11) is 2.98. The molecule has 2 bridgehead atoms. The van der Waals surface area contributed by atoms with Gasteiger partial charge in [0.05, 0.1) is 25.2 Å². The van der Waals surface area contributed by atoms with E-state index in [9.17, 15) is 28.8 Å². The maximum absolute atomic E-state index is 13.9. The summed E-state index contributed by atoms with van der Waals surface area (Å²) in [6, 6.07) is 4.11. The molecule has 17 nitrogen and oxygen atoms in total. The number of nitrogens with two attached hydrogens (primary N) is 1. The smallest absolute Gasteiger partial charge is 0.300 e. The highest BCUT2D eigenvalue weighted by atomic mass is 32.1. The number of carboxylic acid groups (broad SMARTS) is 1. The number of aromatic nitrogens is 2. The summed E-state index contributed by atoms with van der Waals surface area (Å²) < 4.78 is 0. The van der Waals surface area contributed by atoms with Gasteiger partial charge in [-0.15, -0.1) is 11.3 Å². The number of thiazole rings is 1. The van der Waals surface area contributed by atoms with Gasteiger partial charge >= 0.3 is 0 Å². The third-order valence-corrected chi connectivity index (χ3v) is 9.38. The first kappa shape index (κ1) is 43.0. The van der Waals surface area contributed by atoms with Gasteiger partial charge in [-0.1, -0.05) is 32.0 Å². The minimum atomic E-state index is -1.07. The molecule has 3 heterocycles. The van der Waals surface area contributed by atoms with Crippen molar-refractivity contribution in [3.05, 3.63) is 52.1 Å². The Morgan fingerprint density at radius 1 is 0.944 bits per heavy atom. The Morgan fingerprint density at radius 3 is 2.24 bits per heavy atom. The molecular formula is C36H51N9O8S. The number of carbonyl (C=O) groups is 7. The van der Waals surface area contributed by atoms with Crippen LogP contribution in [0.2, 0.25) is 0 Å². The van der Waals surface area contributed by atoms with E-state index in [2.05, 4.69) is 25.9 Å². The fourth-order valence-electron chi connectivity index (χ4n) is 5.79. The van der Waals surface area contributed by atoms with E-state index in [4.69, 9.17) is 15.6 Å². The molecule has 2 aromatic heterocycles. The number of rotatable bonds is 5. The Hall–Kier alpha value is -5.36. The van der Waals surface area contributed by atoms with E-state index in [1.165, 1.54) is 54.0 Å². The topological polar surface area (TPSA) is 240 Å². The van der Waals surface area contributed by atoms with E-state index in [1.807, 2.05) is 38.1 Å². The summed E-state index contributed by atoms with van der Waals surface area (Å²) in [6.45, 7) is 7.49. The summed E-state index contributed by atoms with van der Waals surface area (Å²) >= 11 is 1.20. The minimum absolute atomic E-state index is 0.0160. The van der Waals surface area contributed by atoms with Crippen molar-refractivity contribution < 1.29 is 38.7 Å². The van der Waals surface area contributed by atoms with Crippen LogP contribution in [0.3, 0.4) is 0 Å². The molecule has 4 atom stereocenters. The van der Waals surface area contributed by atoms with Crippen LogP contribution in [0, 0.1) is 5.92 Å². The molecule has 0 spiro atoms. The van der Waals surface area contributed by atoms with Crippen LogP contribution < -0.4 is 21.7 Å². The van der Waals surface area contributed by atoms with Crippen LogP contribution in [0.1, 0.15) is 68.1 Å². The van der Waals surface area contributed by atoms with Crippen LogP contribution >= 0.6 is 11.3 Å². The minimum Gasteiger partial charge on any atom is -0.481 e. The number of nitrogens with one attached hydrogen (secondary N) is 4. The second kappa shape index (κ2) is 19.6. The molecule has 54 heavy (non-hydrogen) atoms. The first-order chi connectivity index (χ1) is 25.4. The quantitative estimate of drug-likeness (QED) is 0.214. The van der Waals surface area contributed by atoms with Gasteiger partial charge in [-0.05, 0) is 37.8 Å². The first-order valence-corrected chi connectivity index (χ1v) is 18.4. The molecule has 1 aliphatic heterocycles. The molecule has 0 aliphatic carbocycles. The summed E-state index contributed by atoms with van der Waals surface area (Å²) in [5, 5.41) is 18.8. The number of amides is 6. The Kier molecular flexibility index (Phi) is 15.7. The zero-order chi connectivity index (χ0) is 40.3. The highest BCUT2D eigenvalue weighted by Crippen LogP contribution is 2.25. The maximum Gasteiger partial charge on any atom is 0.300 e. The number of aromatic amines is 1. The Labute approximate surface area is 318 Å². The number of para-hydroxylation sites is 1. The van der Waals surface area contributed by atoms with Gasteiger partial charge in [-0.3, -0.25) is 33.6 Å². The molecule has 6 amide bonds. The van der Waals surface area contributed by atoms with Gasteiger partial charge < -0.3 is 46.5 Å². The lowest BCUT2D eigenvalue weighted by atomic mass is 10.0. The second-order valence-corrected chi connectivity index (χ2v) is 14.6. The number of carbonyl (C=O) groups excluding carboxylic acids is 6. The normalized spacial score (nSPS) is 20.4. The lowest BCUT2D eigenvalue weighted by molar-refractivity contribution is -0.139. The monoisotopic (exact) mass is 769 g/mol. The number of nitrogens with zero attached hydrogens (tertiary/aromatic N) is 4. The molecule has 0 fully saturated rings. The Balaban J connectivity index is 0.00000186. The lowest BCUT2D eigenvalue weighted by Gasteiger charge is -2.29. The SMILES string of the molecule is CC(=O)O.CC(C)C[C@@H]1NC(=O)CN(C(=O)[C@@H](C)N)CCN(C)C(=O)[C@H](C)NC(=O)CN(C)C(=O)[C@@H](Cc2c[nH]c3ccccc23)NC(=O)c2csc1n2. The third kappa shape index (κ3) is 12.4. The number of hydrogen-bond donors (Lipinski definition) is 6. The zero-order valence-electron chi connectivity index (χ0n) is 31.7. The number of fused-ring (bicyclic) bond motifs is 3. The third-order valence-electron chi connectivity index (χ3n) is 8.42. The maximum atomic E-state index is 13.9. The van der Waals surface area contributed by atoms with Gasteiger partial charge in [0.15, 0.2) is 0 Å². The summed E-state index contributed by atoms with van der Waals surface area (Å²) in [5.41, 5.74) is 7.61. The van der Waals surface area contributed by atoms with Gasteiger partial charge in [-0.2, -0.15) is 0 Å². The number of aliphatic carboxylic acids is 1. The van der Waals surface area contributed by atoms with Crippen molar-refractivity contribution >= 4 is 63.7 Å². The predicted octanol–water partition coefficient (Wildman–Crippen LogP) is 0.871. The second-order valence-electron chi connectivity index (χ2n) is 13.7. The van der Waals surface area contributed by atoms with Crippen LogP contribution in [-0.4, -0.2) is 130 Å². The van der Waals surface area contributed by atoms with Gasteiger partial charge in [0, 0.05) is 63.0 Å². The van der Waals surface area contributed by atoms with Gasteiger partial charge in [0.25, 0.3) is 11.9 Å². The Bertz CT molecular complexity index is 1820. The molecule has 1 aliphatic rings. The number of carboxylic acids is 1. The lowest BCUT2D eigenvalue weighted by Crippen LogP contribution is -2.53. The van der Waals surface area contributed by atoms with E-state index < -0.39 is 65.6 Å². The fraction of sp³-hybridized carbons (Fsp3) is 0.500. The number of benzene rings is 1. The number of H-pyrrole nitrogens is 1. The average Bonchev–Trinajstić information content (AvgIpc) is 3.75. The molecule has 7 N–H and O–H groups in total. The van der Waals surface area contributed by atoms with E-state index >= 15 is 0 Å². The van der Waals surface area contributed by atoms with Crippen LogP contribution in [0.4, 0.5) is 0 Å². The van der Waals surface area contributed by atoms with Gasteiger partial charge in [-0.25, -0.2) is 4.98 Å². The standard InChI is InChI=1S/C34H47N9O6S.C2H4O2/c1-19(2)13-25-31-40-27(18-50-31)30(46)39-26(14-22-15-36-24-10-8-7-9-23(22)24)34(49)42(6)16-28(44)37-21(4)33(48)41(5)11-12-43(17-29(45)38-25)32(47)20(3)35;1-2(3)4/h7-10,15,18-21,25-26,36H,11-14,16-17,35H2,1-6H3,(H,37,44)(H,38,45)(H,39,46);1H3,(H,3,4)/t20-,21+,25+,26-;/m1./s1. The summed E-state index contributed by atoms with van der Waals surface area (Å²) in [5.74, 6) is -3.74. The zero-order valence-corrected chi connectivity index (χ0v) is 32.5. The van der Waals surface area contributed by atoms with Crippen molar-refractivity contribution in [2.75, 3.05) is 40.3 Å². The summed E-state index contributed by atoms with van der Waals surface area (Å²) in [4.78, 5) is 101. The molecule has 3 aromatic rings. The van der Waals surface area contributed by atoms with Crippen molar-refractivity contribution in [2.45, 2.75) is 71.6 Å². The molecule has 294 valence electrons. The molecule has 4 rings (SSSR count). The first-order valence-electron chi connectivity index (χ1n) is 17.5. The van der Waals surface area contributed by atoms with Crippen LogP contribution in [0.5, 0.6) is 0 Å². The van der Waals surface area contributed by atoms with Crippen LogP contribution in [0.15, 0.2) is 35.8 Å². The molecule has 1 aromatic carbocycles. The van der Waals surface area contributed by atoms with Crippen molar-refractivity contribution in [1.82, 2.24) is 40.6 Å². The molecule has 0 radical (unpaired) electrons. The van der Waals surface area contributed by atoms with Gasteiger partial charge in [0.2, 0.25) is 29.5 Å². The van der Waals surface area contributed by atoms with E-state index in [0.29, 0.717) is 11.4 Å². The van der Waals surface area contributed by atoms with E-state index in [1.54, 1.807) is 11.6 Å². The van der Waals surface area contributed by atoms with Crippen molar-refractivity contribution in [3.63, 3.8) is 0 Å². The predicted molar refractivity (Wildman–Crippen MR) is 202 cm³/mol. The molecular weight excluding hydrogens is 719 g/mol. The summed E-state index contributed by atoms with van der Waals surface area (Å²) in [6.07, 6.45) is 2.41. The van der Waals surface area contributed by atoms with E-state index in [-0.39, 0.29) is 44.2 Å². The molecule has 18 heteroatoms. The van der Waals surface area contributed by atoms with Crippen LogP contribution in [-0.2, 0) is 35.2 Å². The van der Waals surface area contributed by atoms with E-state index in [0.717, 1.165) is 23.4 Å². The highest BCUT2D eigenvalue weighted by molar-refractivity contribution is 7.09. The molecule has 0 saturated heterocycles. The number of hydrogen-bond acceptors (Lipinski definition) is 10. The Morgan fingerprint density at radius 2 is 1.59 bits per heavy atom. The average molecular weight is 770 g/mol. The fourth-order valence-corrected chi connectivity index (χ4v) is 6.65. The van der Waals surface area contributed by atoms with Crippen molar-refractivity contribution in [1.29, 1.82) is 0 Å². The largest absolute Gasteiger partial charge is 0.481 e. The van der Waals surface area contributed by atoms with Crippen LogP contribution in [0.25, 0.3) is 10.9 Å². The van der Waals surface area contributed by atoms with Crippen molar-refractivity contribution in [2.24, 2.45) is 11.7 Å². The molecule has 0 unspecified atom stereocenters. The van der Waals surface area contributed by atoms with Gasteiger partial charge in [0.1, 0.15) is 22.8 Å². The molecule has 0 saturated carbocycles.